The molecule has 2 aromatic rings. The number of nitrogens with zero attached hydrogens (tertiary/aromatic N) is 2. The van der Waals surface area contributed by atoms with E-state index in [0.717, 1.165) is 10.7 Å². The van der Waals surface area contributed by atoms with E-state index in [0.29, 0.717) is 11.4 Å². The van der Waals surface area contributed by atoms with E-state index in [1.54, 1.807) is 12.5 Å². The van der Waals surface area contributed by atoms with Gasteiger partial charge in [-0.2, -0.15) is 0 Å². The molecule has 0 spiro atoms. The molecule has 0 amide bonds. The van der Waals surface area contributed by atoms with Gasteiger partial charge in [0.05, 0.1) is 25.8 Å². The molecule has 0 aromatic carbocycles. The average Bonchev–Trinajstić information content (AvgIpc) is 2.98. The Morgan fingerprint density at radius 3 is 3.12 bits per heavy atom. The zero-order valence-electron chi connectivity index (χ0n) is 9.54. The van der Waals surface area contributed by atoms with Gasteiger partial charge in [-0.1, -0.05) is 11.3 Å². The van der Waals surface area contributed by atoms with Crippen molar-refractivity contribution in [2.75, 3.05) is 19.1 Å². The van der Waals surface area contributed by atoms with Crippen LogP contribution in [-0.2, 0) is 11.3 Å². The first-order valence-electron chi connectivity index (χ1n) is 4.97. The highest BCUT2D eigenvalue weighted by atomic mass is 32.1. The molecular weight excluding hydrogens is 240 g/mol. The highest BCUT2D eigenvalue weighted by molar-refractivity contribution is 7.17. The lowest BCUT2D eigenvalue weighted by atomic mass is 10.3. The lowest BCUT2D eigenvalue weighted by Crippen LogP contribution is -2.15. The van der Waals surface area contributed by atoms with Crippen LogP contribution in [0.25, 0.3) is 0 Å². The Labute approximate surface area is 103 Å². The van der Waals surface area contributed by atoms with E-state index < -0.39 is 0 Å². The number of ether oxygens (including phenoxy) is 1. The van der Waals surface area contributed by atoms with Crippen LogP contribution in [0.2, 0.25) is 0 Å². The summed E-state index contributed by atoms with van der Waals surface area (Å²) in [4.78, 5) is 17.9. The van der Waals surface area contributed by atoms with Gasteiger partial charge >= 0.3 is 5.97 Å². The van der Waals surface area contributed by atoms with Gasteiger partial charge in [0.15, 0.2) is 5.13 Å². The van der Waals surface area contributed by atoms with E-state index in [9.17, 15) is 4.79 Å². The Balaban J connectivity index is 2.07. The fraction of sp³-hybridized carbons (Fsp3) is 0.273. The summed E-state index contributed by atoms with van der Waals surface area (Å²) in [5.41, 5.74) is 1.06. The van der Waals surface area contributed by atoms with Gasteiger partial charge in [-0.3, -0.25) is 0 Å². The summed E-state index contributed by atoms with van der Waals surface area (Å²) in [7, 11) is 3.27. The standard InChI is InChI=1S/C11H12N2O3S/c1-13(6-8-3-4-16-7-8)11-12-5-9(17-11)10(14)15-2/h3-5,7H,6H2,1-2H3. The first-order valence-corrected chi connectivity index (χ1v) is 5.78. The number of methoxy groups -OCH3 is 1. The van der Waals surface area contributed by atoms with E-state index in [2.05, 4.69) is 9.72 Å². The van der Waals surface area contributed by atoms with Gasteiger partial charge in [-0.05, 0) is 6.07 Å². The quantitative estimate of drug-likeness (QED) is 0.780. The van der Waals surface area contributed by atoms with Crippen LogP contribution in [0.1, 0.15) is 15.2 Å². The van der Waals surface area contributed by atoms with Crippen molar-refractivity contribution in [3.05, 3.63) is 35.2 Å². The largest absolute Gasteiger partial charge is 0.472 e. The topological polar surface area (TPSA) is 55.6 Å². The van der Waals surface area contributed by atoms with Crippen LogP contribution in [0, 0.1) is 0 Å². The number of rotatable bonds is 4. The Kier molecular flexibility index (Phi) is 3.43. The van der Waals surface area contributed by atoms with Gasteiger partial charge < -0.3 is 14.1 Å². The zero-order chi connectivity index (χ0) is 12.3. The molecule has 90 valence electrons. The number of thiazole rings is 1. The van der Waals surface area contributed by atoms with Crippen molar-refractivity contribution in [2.24, 2.45) is 0 Å². The number of furan rings is 1. The molecule has 2 aromatic heterocycles. The first-order chi connectivity index (χ1) is 8.20. The predicted octanol–water partition coefficient (Wildman–Crippen LogP) is 2.16. The molecule has 0 aliphatic carbocycles. The average molecular weight is 252 g/mol. The second-order valence-corrected chi connectivity index (χ2v) is 4.50. The second kappa shape index (κ2) is 5.01. The predicted molar refractivity (Wildman–Crippen MR) is 64.3 cm³/mol. The zero-order valence-corrected chi connectivity index (χ0v) is 10.4. The van der Waals surface area contributed by atoms with Crippen molar-refractivity contribution in [1.82, 2.24) is 4.98 Å². The number of aromatic nitrogens is 1. The Morgan fingerprint density at radius 1 is 1.65 bits per heavy atom. The molecule has 0 bridgehead atoms. The van der Waals surface area contributed by atoms with E-state index in [1.165, 1.54) is 24.6 Å². The minimum absolute atomic E-state index is 0.356. The molecule has 0 radical (unpaired) electrons. The van der Waals surface area contributed by atoms with Gasteiger partial charge in [-0.15, -0.1) is 0 Å². The molecule has 5 nitrogen and oxygen atoms in total. The highest BCUT2D eigenvalue weighted by Crippen LogP contribution is 2.23. The number of carbonyl (C=O) groups is 1. The maximum Gasteiger partial charge on any atom is 0.349 e. The van der Waals surface area contributed by atoms with Crippen LogP contribution in [0.3, 0.4) is 0 Å². The molecule has 17 heavy (non-hydrogen) atoms. The maximum atomic E-state index is 11.3. The monoisotopic (exact) mass is 252 g/mol. The molecule has 2 heterocycles. The maximum absolute atomic E-state index is 11.3. The molecule has 6 heteroatoms. The molecule has 0 saturated carbocycles. The van der Waals surface area contributed by atoms with E-state index in [-0.39, 0.29) is 5.97 Å². The van der Waals surface area contributed by atoms with Crippen LogP contribution in [0.5, 0.6) is 0 Å². The fourth-order valence-electron chi connectivity index (χ4n) is 1.36. The van der Waals surface area contributed by atoms with E-state index in [4.69, 9.17) is 4.42 Å². The minimum atomic E-state index is -0.356. The number of anilines is 1. The van der Waals surface area contributed by atoms with Crippen LogP contribution < -0.4 is 4.90 Å². The molecule has 0 aliphatic rings. The molecule has 0 unspecified atom stereocenters. The molecule has 0 aliphatic heterocycles. The van der Waals surface area contributed by atoms with Gasteiger partial charge in [0.25, 0.3) is 0 Å². The van der Waals surface area contributed by atoms with Crippen LogP contribution >= 0.6 is 11.3 Å². The summed E-state index contributed by atoms with van der Waals surface area (Å²) in [5, 5.41) is 0.770. The van der Waals surface area contributed by atoms with Crippen molar-refractivity contribution < 1.29 is 13.9 Å². The summed E-state index contributed by atoms with van der Waals surface area (Å²) >= 11 is 1.31. The van der Waals surface area contributed by atoms with Crippen LogP contribution in [0.15, 0.2) is 29.2 Å². The van der Waals surface area contributed by atoms with Crippen LogP contribution in [-0.4, -0.2) is 25.1 Å². The Bertz CT molecular complexity index is 493. The molecular formula is C11H12N2O3S. The SMILES string of the molecule is COC(=O)c1cnc(N(C)Cc2ccoc2)s1. The third-order valence-electron chi connectivity index (χ3n) is 2.21. The van der Waals surface area contributed by atoms with Gasteiger partial charge in [0, 0.05) is 19.2 Å². The van der Waals surface area contributed by atoms with Crippen molar-refractivity contribution in [3.8, 4) is 0 Å². The summed E-state index contributed by atoms with van der Waals surface area (Å²) in [6.07, 6.45) is 4.84. The van der Waals surface area contributed by atoms with Crippen molar-refractivity contribution in [2.45, 2.75) is 6.54 Å². The van der Waals surface area contributed by atoms with E-state index >= 15 is 0 Å². The Hall–Kier alpha value is -1.82. The lowest BCUT2D eigenvalue weighted by molar-refractivity contribution is 0.0606. The third kappa shape index (κ3) is 2.65. The number of esters is 1. The second-order valence-electron chi connectivity index (χ2n) is 3.49. The molecule has 0 saturated heterocycles. The normalized spacial score (nSPS) is 10.2. The number of carbonyl (C=O) groups excluding carboxylic acids is 1. The first kappa shape index (κ1) is 11.7. The number of hydrogen-bond donors (Lipinski definition) is 0. The summed E-state index contributed by atoms with van der Waals surface area (Å²) < 4.78 is 9.63. The van der Waals surface area contributed by atoms with Crippen molar-refractivity contribution >= 4 is 22.4 Å². The van der Waals surface area contributed by atoms with Gasteiger partial charge in [-0.25, -0.2) is 9.78 Å². The van der Waals surface area contributed by atoms with Crippen LogP contribution in [0.4, 0.5) is 5.13 Å². The summed E-state index contributed by atoms with van der Waals surface area (Å²) in [6.45, 7) is 0.685. The lowest BCUT2D eigenvalue weighted by Gasteiger charge is -2.13. The summed E-state index contributed by atoms with van der Waals surface area (Å²) in [5.74, 6) is -0.356. The molecule has 0 atom stereocenters. The smallest absolute Gasteiger partial charge is 0.349 e. The van der Waals surface area contributed by atoms with Gasteiger partial charge in [0.1, 0.15) is 4.88 Å². The minimum Gasteiger partial charge on any atom is -0.472 e. The fourth-order valence-corrected chi connectivity index (χ4v) is 2.16. The molecule has 2 rings (SSSR count). The third-order valence-corrected chi connectivity index (χ3v) is 3.30. The molecule has 0 fully saturated rings. The Morgan fingerprint density at radius 2 is 2.47 bits per heavy atom. The highest BCUT2D eigenvalue weighted by Gasteiger charge is 2.13. The number of hydrogen-bond acceptors (Lipinski definition) is 6. The van der Waals surface area contributed by atoms with Crippen molar-refractivity contribution in [1.29, 1.82) is 0 Å². The van der Waals surface area contributed by atoms with Gasteiger partial charge in [0.2, 0.25) is 0 Å². The van der Waals surface area contributed by atoms with Crippen molar-refractivity contribution in [3.63, 3.8) is 0 Å². The summed E-state index contributed by atoms with van der Waals surface area (Å²) in [6, 6.07) is 1.89. The van der Waals surface area contributed by atoms with E-state index in [1.807, 2.05) is 18.0 Å². The molecule has 0 N–H and O–H groups in total.